The van der Waals surface area contributed by atoms with E-state index < -0.39 is 40.0 Å². The van der Waals surface area contributed by atoms with E-state index in [-0.39, 0.29) is 43.3 Å². The van der Waals surface area contributed by atoms with Crippen molar-refractivity contribution in [1.29, 1.82) is 0 Å². The van der Waals surface area contributed by atoms with Crippen LogP contribution >= 0.6 is 0 Å². The second-order valence-electron chi connectivity index (χ2n) is 10.5. The first-order chi connectivity index (χ1) is 20.0. The van der Waals surface area contributed by atoms with Gasteiger partial charge in [-0.25, -0.2) is 8.42 Å². The van der Waals surface area contributed by atoms with Gasteiger partial charge in [0.2, 0.25) is 21.8 Å². The SMILES string of the molecule is C#CCC(NC(=O)CNC)C(=O)N[C@@H](Cc1ccccc1)[C@H](O)CN(CC(C)C)S(=O)(=O)c1ccc2c(c1)OCCO2. The van der Waals surface area contributed by atoms with Gasteiger partial charge in [-0.05, 0) is 37.1 Å². The van der Waals surface area contributed by atoms with E-state index in [4.69, 9.17) is 15.9 Å². The van der Waals surface area contributed by atoms with Gasteiger partial charge in [0.25, 0.3) is 0 Å². The van der Waals surface area contributed by atoms with Gasteiger partial charge >= 0.3 is 0 Å². The first kappa shape index (κ1) is 32.9. The summed E-state index contributed by atoms with van der Waals surface area (Å²) >= 11 is 0. The fourth-order valence-corrected chi connectivity index (χ4v) is 6.15. The third-order valence-corrected chi connectivity index (χ3v) is 8.34. The van der Waals surface area contributed by atoms with Crippen molar-refractivity contribution < 1.29 is 32.6 Å². The summed E-state index contributed by atoms with van der Waals surface area (Å²) in [6.07, 6.45) is 4.29. The molecule has 0 aliphatic carbocycles. The molecule has 1 heterocycles. The largest absolute Gasteiger partial charge is 0.486 e. The molecule has 3 rings (SSSR count). The molecule has 4 N–H and O–H groups in total. The standard InChI is InChI=1S/C30H40N4O7S/c1-5-9-24(32-29(36)18-31-4)30(37)33-25(16-22-10-7-6-8-11-22)26(35)20-34(19-21(2)3)42(38,39)23-12-13-27-28(17-23)41-15-14-40-27/h1,6-8,10-13,17,21,24-26,31,35H,9,14-16,18-20H2,2-4H3,(H,32,36)(H,33,37)/t24?,25-,26+/m0/s1. The van der Waals surface area contributed by atoms with Gasteiger partial charge in [0.1, 0.15) is 19.3 Å². The van der Waals surface area contributed by atoms with Crippen molar-refractivity contribution in [1.82, 2.24) is 20.3 Å². The third kappa shape index (κ3) is 9.19. The van der Waals surface area contributed by atoms with Crippen LogP contribution in [-0.4, -0.2) is 87.7 Å². The molecule has 2 aromatic rings. The van der Waals surface area contributed by atoms with E-state index in [1.165, 1.54) is 16.4 Å². The van der Waals surface area contributed by atoms with Gasteiger partial charge < -0.3 is 30.5 Å². The van der Waals surface area contributed by atoms with Crippen molar-refractivity contribution in [3.63, 3.8) is 0 Å². The van der Waals surface area contributed by atoms with Crippen molar-refractivity contribution in [2.75, 3.05) is 39.9 Å². The highest BCUT2D eigenvalue weighted by Gasteiger charge is 2.33. The summed E-state index contributed by atoms with van der Waals surface area (Å²) < 4.78 is 40.0. The Kier molecular flexibility index (Phi) is 12.2. The van der Waals surface area contributed by atoms with Gasteiger partial charge in [-0.3, -0.25) is 9.59 Å². The Bertz CT molecular complexity index is 1350. The number of ether oxygens (including phenoxy) is 2. The van der Waals surface area contributed by atoms with Crippen molar-refractivity contribution in [3.05, 3.63) is 54.1 Å². The molecule has 0 aromatic heterocycles. The first-order valence-corrected chi connectivity index (χ1v) is 15.3. The number of carbonyl (C=O) groups is 2. The zero-order valence-corrected chi connectivity index (χ0v) is 25.0. The predicted molar refractivity (Wildman–Crippen MR) is 158 cm³/mol. The van der Waals surface area contributed by atoms with Crippen LogP contribution in [-0.2, 0) is 26.0 Å². The average molecular weight is 601 g/mol. The molecule has 1 aliphatic rings. The Morgan fingerprint density at radius 3 is 2.38 bits per heavy atom. The normalized spacial score (nSPS) is 15.0. The molecule has 11 nitrogen and oxygen atoms in total. The van der Waals surface area contributed by atoms with E-state index in [0.29, 0.717) is 24.7 Å². The highest BCUT2D eigenvalue weighted by Crippen LogP contribution is 2.33. The highest BCUT2D eigenvalue weighted by molar-refractivity contribution is 7.89. The predicted octanol–water partition coefficient (Wildman–Crippen LogP) is 0.920. The molecular formula is C30H40N4O7S. The number of fused-ring (bicyclic) bond motifs is 1. The van der Waals surface area contributed by atoms with E-state index in [9.17, 15) is 23.1 Å². The molecule has 1 aliphatic heterocycles. The molecule has 0 bridgehead atoms. The van der Waals surface area contributed by atoms with Crippen LogP contribution in [0.5, 0.6) is 11.5 Å². The molecule has 0 saturated heterocycles. The molecule has 0 radical (unpaired) electrons. The lowest BCUT2D eigenvalue weighted by atomic mass is 10.00. The molecule has 2 aromatic carbocycles. The summed E-state index contributed by atoms with van der Waals surface area (Å²) in [5.41, 5.74) is 0.819. The number of benzene rings is 2. The number of carbonyl (C=O) groups excluding carboxylic acids is 2. The smallest absolute Gasteiger partial charge is 0.243 e. The summed E-state index contributed by atoms with van der Waals surface area (Å²) in [5, 5.41) is 19.6. The second-order valence-corrected chi connectivity index (χ2v) is 12.4. The minimum absolute atomic E-state index is 0.00424. The molecular weight excluding hydrogens is 560 g/mol. The van der Waals surface area contributed by atoms with E-state index in [1.807, 2.05) is 44.2 Å². The summed E-state index contributed by atoms with van der Waals surface area (Å²) in [6.45, 7) is 4.26. The molecule has 42 heavy (non-hydrogen) atoms. The lowest BCUT2D eigenvalue weighted by molar-refractivity contribution is -0.129. The Morgan fingerprint density at radius 2 is 1.74 bits per heavy atom. The monoisotopic (exact) mass is 600 g/mol. The Balaban J connectivity index is 1.88. The Morgan fingerprint density at radius 1 is 1.05 bits per heavy atom. The maximum absolute atomic E-state index is 13.8. The second kappa shape index (κ2) is 15.6. The maximum atomic E-state index is 13.8. The molecule has 2 amide bonds. The third-order valence-electron chi connectivity index (χ3n) is 6.51. The van der Waals surface area contributed by atoms with Crippen molar-refractivity contribution in [2.45, 2.75) is 49.8 Å². The van der Waals surface area contributed by atoms with E-state index >= 15 is 0 Å². The van der Waals surface area contributed by atoms with E-state index in [0.717, 1.165) is 5.56 Å². The Labute approximate surface area is 248 Å². The number of nitrogens with one attached hydrogen (secondary N) is 3. The lowest BCUT2D eigenvalue weighted by Crippen LogP contribution is -2.56. The summed E-state index contributed by atoms with van der Waals surface area (Å²) in [5.74, 6) is 2.14. The number of hydrogen-bond donors (Lipinski definition) is 4. The molecule has 228 valence electrons. The topological polar surface area (TPSA) is 146 Å². The molecule has 3 atom stereocenters. The molecule has 0 saturated carbocycles. The van der Waals surface area contributed by atoms with Crippen molar-refractivity contribution >= 4 is 21.8 Å². The fraction of sp³-hybridized carbons (Fsp3) is 0.467. The highest BCUT2D eigenvalue weighted by atomic mass is 32.2. The Hall–Kier alpha value is -3.63. The molecule has 0 fully saturated rings. The zero-order valence-electron chi connectivity index (χ0n) is 24.2. The summed E-state index contributed by atoms with van der Waals surface area (Å²) in [4.78, 5) is 25.5. The first-order valence-electron chi connectivity index (χ1n) is 13.8. The number of amides is 2. The maximum Gasteiger partial charge on any atom is 0.243 e. The minimum Gasteiger partial charge on any atom is -0.486 e. The van der Waals surface area contributed by atoms with Crippen LogP contribution in [0.1, 0.15) is 25.8 Å². The number of aliphatic hydroxyl groups excluding tert-OH is 1. The molecule has 12 heteroatoms. The fourth-order valence-electron chi connectivity index (χ4n) is 4.51. The number of nitrogens with zero attached hydrogens (tertiary/aromatic N) is 1. The zero-order chi connectivity index (χ0) is 30.7. The molecule has 0 spiro atoms. The van der Waals surface area contributed by atoms with Crippen LogP contribution in [0.2, 0.25) is 0 Å². The number of sulfonamides is 1. The number of rotatable bonds is 15. The van der Waals surface area contributed by atoms with Gasteiger partial charge in [0.05, 0.1) is 23.6 Å². The van der Waals surface area contributed by atoms with Gasteiger partial charge in [-0.15, -0.1) is 12.3 Å². The van der Waals surface area contributed by atoms with Crippen LogP contribution in [0.15, 0.2) is 53.4 Å². The summed E-state index contributed by atoms with van der Waals surface area (Å²) in [6, 6.07) is 11.7. The lowest BCUT2D eigenvalue weighted by Gasteiger charge is -2.31. The van der Waals surface area contributed by atoms with Crippen molar-refractivity contribution in [2.24, 2.45) is 5.92 Å². The van der Waals surface area contributed by atoms with Crippen LogP contribution in [0.4, 0.5) is 0 Å². The summed E-state index contributed by atoms with van der Waals surface area (Å²) in [7, 11) is -2.47. The van der Waals surface area contributed by atoms with Crippen LogP contribution < -0.4 is 25.4 Å². The van der Waals surface area contributed by atoms with Gasteiger partial charge in [-0.2, -0.15) is 4.31 Å². The number of likely N-dealkylation sites (N-methyl/N-ethyl adjacent to an activating group) is 1. The molecule has 1 unspecified atom stereocenters. The number of terminal acetylenes is 1. The van der Waals surface area contributed by atoms with Gasteiger partial charge in [0.15, 0.2) is 11.5 Å². The van der Waals surface area contributed by atoms with Crippen LogP contribution in [0.25, 0.3) is 0 Å². The van der Waals surface area contributed by atoms with Crippen LogP contribution in [0, 0.1) is 18.3 Å². The minimum atomic E-state index is -4.07. The number of hydrogen-bond acceptors (Lipinski definition) is 8. The van der Waals surface area contributed by atoms with Crippen molar-refractivity contribution in [3.8, 4) is 23.8 Å². The van der Waals surface area contributed by atoms with Gasteiger partial charge in [-0.1, -0.05) is 44.2 Å². The van der Waals surface area contributed by atoms with E-state index in [1.54, 1.807) is 13.1 Å². The van der Waals surface area contributed by atoms with E-state index in [2.05, 4.69) is 21.9 Å². The number of aliphatic hydroxyl groups is 1. The van der Waals surface area contributed by atoms with Gasteiger partial charge in [0, 0.05) is 25.6 Å². The quantitative estimate of drug-likeness (QED) is 0.221. The van der Waals surface area contributed by atoms with Crippen LogP contribution in [0.3, 0.4) is 0 Å². The average Bonchev–Trinajstić information content (AvgIpc) is 2.96.